The average Bonchev–Trinajstić information content (AvgIpc) is 3.62. The maximum absolute atomic E-state index is 13.9. The number of nitrogens with zero attached hydrogens (tertiary/aromatic N) is 3. The smallest absolute Gasteiger partial charge is 0.321 e. The molecule has 2 aromatic rings. The fourth-order valence-electron chi connectivity index (χ4n) is 7.40. The Hall–Kier alpha value is -2.86. The summed E-state index contributed by atoms with van der Waals surface area (Å²) in [6, 6.07) is 20.3. The maximum Gasteiger partial charge on any atom is 0.321 e. The number of benzene rings is 2. The van der Waals surface area contributed by atoms with Gasteiger partial charge in [0.1, 0.15) is 0 Å². The molecule has 2 aliphatic carbocycles. The lowest BCUT2D eigenvalue weighted by molar-refractivity contribution is 0.0937. The molecule has 2 saturated carbocycles. The normalized spacial score (nSPS) is 24.0. The molecule has 3 amide bonds. The number of nitrogens with one attached hydrogen (secondary N) is 1. The van der Waals surface area contributed by atoms with Crippen molar-refractivity contribution in [2.24, 2.45) is 0 Å². The van der Waals surface area contributed by atoms with Gasteiger partial charge >= 0.3 is 6.03 Å². The number of carbonyl (C=O) groups excluding carboxylic acids is 2. The zero-order chi connectivity index (χ0) is 26.6. The number of piperidine rings is 1. The highest BCUT2D eigenvalue weighted by Gasteiger charge is 2.45. The fraction of sp³-hybridized carbons (Fsp3) is 0.576. The second-order valence-corrected chi connectivity index (χ2v) is 12.2. The van der Waals surface area contributed by atoms with Gasteiger partial charge < -0.3 is 15.1 Å². The van der Waals surface area contributed by atoms with E-state index >= 15 is 0 Å². The molecule has 39 heavy (non-hydrogen) atoms. The Morgan fingerprint density at radius 1 is 0.769 bits per heavy atom. The minimum Gasteiger partial charge on any atom is -0.349 e. The second kappa shape index (κ2) is 12.1. The molecule has 4 fully saturated rings. The molecule has 4 aliphatic rings. The zero-order valence-corrected chi connectivity index (χ0v) is 23.3. The summed E-state index contributed by atoms with van der Waals surface area (Å²) >= 11 is 0. The van der Waals surface area contributed by atoms with E-state index in [1.165, 1.54) is 43.2 Å². The van der Waals surface area contributed by atoms with E-state index < -0.39 is 0 Å². The summed E-state index contributed by atoms with van der Waals surface area (Å²) in [6.45, 7) is 3.70. The Labute approximate surface area is 233 Å². The van der Waals surface area contributed by atoms with Crippen molar-refractivity contribution in [2.75, 3.05) is 19.6 Å². The predicted octanol–water partition coefficient (Wildman–Crippen LogP) is 6.14. The molecule has 1 atom stereocenters. The highest BCUT2D eigenvalue weighted by atomic mass is 16.2. The summed E-state index contributed by atoms with van der Waals surface area (Å²) in [4.78, 5) is 33.4. The SMILES string of the molecule is O=C(NC1CCCC1)c1ccc(CN2CCC(N3C(=O)N(C4CCCCC4)C[C@H]3c3ccccc3)CC2)cc1. The van der Waals surface area contributed by atoms with Gasteiger partial charge in [-0.25, -0.2) is 4.79 Å². The van der Waals surface area contributed by atoms with Crippen molar-refractivity contribution in [3.63, 3.8) is 0 Å². The van der Waals surface area contributed by atoms with Crippen molar-refractivity contribution in [3.8, 4) is 0 Å². The molecule has 0 aromatic heterocycles. The molecule has 0 unspecified atom stereocenters. The number of amides is 3. The topological polar surface area (TPSA) is 55.9 Å². The fourth-order valence-corrected chi connectivity index (χ4v) is 7.40. The minimum absolute atomic E-state index is 0.0554. The van der Waals surface area contributed by atoms with E-state index in [2.05, 4.69) is 62.5 Å². The van der Waals surface area contributed by atoms with Crippen LogP contribution in [-0.4, -0.2) is 64.4 Å². The van der Waals surface area contributed by atoms with Crippen LogP contribution in [0.1, 0.15) is 98.2 Å². The predicted molar refractivity (Wildman–Crippen MR) is 154 cm³/mol. The maximum atomic E-state index is 13.9. The van der Waals surface area contributed by atoms with E-state index in [4.69, 9.17) is 0 Å². The summed E-state index contributed by atoms with van der Waals surface area (Å²) in [5, 5.41) is 3.19. The van der Waals surface area contributed by atoms with Crippen molar-refractivity contribution in [2.45, 2.75) is 101 Å². The number of carbonyl (C=O) groups is 2. The summed E-state index contributed by atoms with van der Waals surface area (Å²) in [6.07, 6.45) is 12.8. The van der Waals surface area contributed by atoms with Gasteiger partial charge in [0.2, 0.25) is 0 Å². The third-order valence-electron chi connectivity index (χ3n) is 9.63. The van der Waals surface area contributed by atoms with Gasteiger partial charge in [0.15, 0.2) is 0 Å². The van der Waals surface area contributed by atoms with Crippen molar-refractivity contribution < 1.29 is 9.59 Å². The highest BCUT2D eigenvalue weighted by Crippen LogP contribution is 2.38. The minimum atomic E-state index is 0.0554. The molecule has 208 valence electrons. The Morgan fingerprint density at radius 2 is 1.44 bits per heavy atom. The number of hydrogen-bond acceptors (Lipinski definition) is 3. The van der Waals surface area contributed by atoms with Crippen LogP contribution in [0.3, 0.4) is 0 Å². The first-order valence-corrected chi connectivity index (χ1v) is 15.4. The number of likely N-dealkylation sites (tertiary alicyclic amines) is 1. The van der Waals surface area contributed by atoms with Gasteiger partial charge in [0.05, 0.1) is 6.04 Å². The van der Waals surface area contributed by atoms with Crippen molar-refractivity contribution >= 4 is 11.9 Å². The van der Waals surface area contributed by atoms with Gasteiger partial charge in [-0.05, 0) is 61.8 Å². The average molecular weight is 529 g/mol. The van der Waals surface area contributed by atoms with Crippen molar-refractivity contribution in [1.82, 2.24) is 20.0 Å². The molecule has 1 N–H and O–H groups in total. The molecule has 2 heterocycles. The monoisotopic (exact) mass is 528 g/mol. The van der Waals surface area contributed by atoms with Gasteiger partial charge in [-0.15, -0.1) is 0 Å². The lowest BCUT2D eigenvalue weighted by Crippen LogP contribution is -2.48. The van der Waals surface area contributed by atoms with Crippen LogP contribution < -0.4 is 5.32 Å². The molecular weight excluding hydrogens is 484 g/mol. The second-order valence-electron chi connectivity index (χ2n) is 12.2. The summed E-state index contributed by atoms with van der Waals surface area (Å²) in [7, 11) is 0. The lowest BCUT2D eigenvalue weighted by Gasteiger charge is -2.39. The van der Waals surface area contributed by atoms with Crippen LogP contribution in [0.15, 0.2) is 54.6 Å². The largest absolute Gasteiger partial charge is 0.349 e. The first kappa shape index (κ1) is 26.4. The molecule has 2 aromatic carbocycles. The van der Waals surface area contributed by atoms with Crippen LogP contribution in [0.2, 0.25) is 0 Å². The van der Waals surface area contributed by atoms with Gasteiger partial charge in [-0.3, -0.25) is 9.69 Å². The van der Waals surface area contributed by atoms with Gasteiger partial charge in [-0.2, -0.15) is 0 Å². The standard InChI is InChI=1S/C33H44N4O2/c38-32(34-28-11-7-8-12-28)27-17-15-25(16-18-27)23-35-21-19-30(20-22-35)37-31(26-9-3-1-4-10-26)24-36(33(37)39)29-13-5-2-6-14-29/h1,3-4,9-10,15-18,28-31H,2,5-8,11-14,19-24H2,(H,34,38)/t31-/m0/s1. The third-order valence-corrected chi connectivity index (χ3v) is 9.63. The van der Waals surface area contributed by atoms with E-state index in [9.17, 15) is 9.59 Å². The molecular formula is C33H44N4O2. The van der Waals surface area contributed by atoms with E-state index in [0.29, 0.717) is 12.1 Å². The van der Waals surface area contributed by atoms with Gasteiger partial charge in [0, 0.05) is 49.9 Å². The Bertz CT molecular complexity index is 1100. The van der Waals surface area contributed by atoms with Gasteiger partial charge in [-0.1, -0.05) is 74.6 Å². The first-order chi connectivity index (χ1) is 19.2. The number of rotatable bonds is 7. The third kappa shape index (κ3) is 6.01. The Kier molecular flexibility index (Phi) is 8.19. The van der Waals surface area contributed by atoms with Crippen LogP contribution in [0.5, 0.6) is 0 Å². The molecule has 6 rings (SSSR count). The highest BCUT2D eigenvalue weighted by molar-refractivity contribution is 5.94. The zero-order valence-electron chi connectivity index (χ0n) is 23.3. The quantitative estimate of drug-likeness (QED) is 0.470. The van der Waals surface area contributed by atoms with Crippen LogP contribution in [0.25, 0.3) is 0 Å². The summed E-state index contributed by atoms with van der Waals surface area (Å²) in [5.74, 6) is 0.0554. The molecule has 6 heteroatoms. The van der Waals surface area contributed by atoms with E-state index in [1.807, 2.05) is 12.1 Å². The van der Waals surface area contributed by atoms with Crippen molar-refractivity contribution in [1.29, 1.82) is 0 Å². The molecule has 6 nitrogen and oxygen atoms in total. The molecule has 2 saturated heterocycles. The Morgan fingerprint density at radius 3 is 2.13 bits per heavy atom. The molecule has 2 aliphatic heterocycles. The van der Waals surface area contributed by atoms with E-state index in [-0.39, 0.29) is 24.0 Å². The van der Waals surface area contributed by atoms with Crippen LogP contribution in [0, 0.1) is 0 Å². The number of urea groups is 1. The Balaban J connectivity index is 1.07. The van der Waals surface area contributed by atoms with E-state index in [0.717, 1.165) is 70.3 Å². The van der Waals surface area contributed by atoms with Crippen LogP contribution in [0.4, 0.5) is 4.79 Å². The van der Waals surface area contributed by atoms with Crippen LogP contribution in [-0.2, 0) is 6.54 Å². The first-order valence-electron chi connectivity index (χ1n) is 15.4. The molecule has 0 radical (unpaired) electrons. The molecule has 0 spiro atoms. The van der Waals surface area contributed by atoms with Crippen LogP contribution >= 0.6 is 0 Å². The summed E-state index contributed by atoms with van der Waals surface area (Å²) in [5.41, 5.74) is 3.27. The number of hydrogen-bond donors (Lipinski definition) is 1. The van der Waals surface area contributed by atoms with Gasteiger partial charge in [0.25, 0.3) is 5.91 Å². The summed E-state index contributed by atoms with van der Waals surface area (Å²) < 4.78 is 0. The lowest BCUT2D eigenvalue weighted by atomic mass is 9.94. The van der Waals surface area contributed by atoms with E-state index in [1.54, 1.807) is 0 Å². The van der Waals surface area contributed by atoms with Crippen molar-refractivity contribution in [3.05, 3.63) is 71.3 Å². The molecule has 0 bridgehead atoms.